The van der Waals surface area contributed by atoms with Crippen molar-refractivity contribution in [1.82, 2.24) is 0 Å². The summed E-state index contributed by atoms with van der Waals surface area (Å²) >= 11 is 0. The average Bonchev–Trinajstić information content (AvgIpc) is 2.44. The van der Waals surface area contributed by atoms with Gasteiger partial charge in [-0.15, -0.1) is 0 Å². The first-order valence-electron chi connectivity index (χ1n) is 7.04. The number of hydrogen-bond acceptors (Lipinski definition) is 0. The molecule has 0 amide bonds. The normalized spacial score (nSPS) is 9.63. The highest BCUT2D eigenvalue weighted by molar-refractivity contribution is 5.16. The summed E-state index contributed by atoms with van der Waals surface area (Å²) in [4.78, 5) is 0. The number of rotatable bonds is 4. The molecule has 2 aromatic carbocycles. The van der Waals surface area contributed by atoms with Gasteiger partial charge in [0, 0.05) is 0 Å². The topological polar surface area (TPSA) is 0 Å². The first-order valence-corrected chi connectivity index (χ1v) is 7.04. The van der Waals surface area contributed by atoms with E-state index < -0.39 is 0 Å². The monoisotopic (exact) mass is 258 g/mol. The fraction of sp³-hybridized carbons (Fsp3) is 0.333. The molecule has 0 unspecified atom stereocenters. The Kier molecular flexibility index (Phi) is 7.57. The van der Waals surface area contributed by atoms with E-state index in [0.29, 0.717) is 0 Å². The highest BCUT2D eigenvalue weighted by Crippen LogP contribution is 2.04. The van der Waals surface area contributed by atoms with Gasteiger partial charge in [-0.25, -0.2) is 4.39 Å². The maximum Gasteiger partial charge on any atom is 0.123 e. The molecule has 0 fully saturated rings. The second-order valence-corrected chi connectivity index (χ2v) is 4.61. The third kappa shape index (κ3) is 6.76. The van der Waals surface area contributed by atoms with Gasteiger partial charge in [0.05, 0.1) is 0 Å². The van der Waals surface area contributed by atoms with Crippen LogP contribution < -0.4 is 0 Å². The van der Waals surface area contributed by atoms with Gasteiger partial charge in [-0.05, 0) is 36.1 Å². The van der Waals surface area contributed by atoms with E-state index >= 15 is 0 Å². The quantitative estimate of drug-likeness (QED) is 0.687. The van der Waals surface area contributed by atoms with Crippen molar-refractivity contribution < 1.29 is 4.39 Å². The van der Waals surface area contributed by atoms with Crippen LogP contribution in [0.25, 0.3) is 0 Å². The minimum absolute atomic E-state index is 0.153. The molecule has 0 aliphatic heterocycles. The molecule has 0 saturated carbocycles. The molecule has 0 saturated heterocycles. The Morgan fingerprint density at radius 3 is 1.63 bits per heavy atom. The molecule has 2 rings (SSSR count). The van der Waals surface area contributed by atoms with Crippen molar-refractivity contribution in [2.45, 2.75) is 39.5 Å². The predicted molar refractivity (Wildman–Crippen MR) is 80.8 cm³/mol. The zero-order valence-corrected chi connectivity index (χ0v) is 11.9. The SMILES string of the molecule is CCCc1ccc(F)cc1.CCCc1ccccc1. The highest BCUT2D eigenvalue weighted by atomic mass is 19.1. The number of benzene rings is 2. The number of aryl methyl sites for hydroxylation is 2. The van der Waals surface area contributed by atoms with Gasteiger partial charge in [0.15, 0.2) is 0 Å². The Labute approximate surface area is 116 Å². The molecule has 102 valence electrons. The smallest absolute Gasteiger partial charge is 0.123 e. The summed E-state index contributed by atoms with van der Waals surface area (Å²) in [7, 11) is 0. The molecule has 0 heterocycles. The van der Waals surface area contributed by atoms with Gasteiger partial charge >= 0.3 is 0 Å². The molecule has 0 aromatic heterocycles. The van der Waals surface area contributed by atoms with Crippen LogP contribution in [-0.4, -0.2) is 0 Å². The molecule has 2 aromatic rings. The summed E-state index contributed by atoms with van der Waals surface area (Å²) < 4.78 is 12.3. The van der Waals surface area contributed by atoms with E-state index in [9.17, 15) is 4.39 Å². The Hall–Kier alpha value is -1.63. The lowest BCUT2D eigenvalue weighted by atomic mass is 10.1. The zero-order chi connectivity index (χ0) is 13.9. The van der Waals surface area contributed by atoms with E-state index in [-0.39, 0.29) is 5.82 Å². The van der Waals surface area contributed by atoms with Gasteiger partial charge < -0.3 is 0 Å². The molecule has 1 heteroatoms. The molecule has 0 nitrogen and oxygen atoms in total. The van der Waals surface area contributed by atoms with Crippen LogP contribution in [0.2, 0.25) is 0 Å². The second kappa shape index (κ2) is 9.32. The summed E-state index contributed by atoms with van der Waals surface area (Å²) in [5.74, 6) is -0.153. The van der Waals surface area contributed by atoms with Crippen molar-refractivity contribution >= 4 is 0 Å². The average molecular weight is 258 g/mol. The van der Waals surface area contributed by atoms with Gasteiger partial charge in [-0.3, -0.25) is 0 Å². The summed E-state index contributed by atoms with van der Waals surface area (Å²) in [6, 6.07) is 17.2. The Bertz CT molecular complexity index is 431. The van der Waals surface area contributed by atoms with Gasteiger partial charge in [0.1, 0.15) is 5.82 Å². The van der Waals surface area contributed by atoms with Crippen LogP contribution in [0.4, 0.5) is 4.39 Å². The second-order valence-electron chi connectivity index (χ2n) is 4.61. The fourth-order valence-electron chi connectivity index (χ4n) is 1.87. The van der Waals surface area contributed by atoms with Gasteiger partial charge in [0.2, 0.25) is 0 Å². The van der Waals surface area contributed by atoms with Crippen molar-refractivity contribution in [2.75, 3.05) is 0 Å². The molecule has 0 bridgehead atoms. The Morgan fingerprint density at radius 2 is 1.16 bits per heavy atom. The van der Waals surface area contributed by atoms with E-state index in [1.165, 1.54) is 36.1 Å². The summed E-state index contributed by atoms with van der Waals surface area (Å²) in [6.45, 7) is 4.32. The third-order valence-electron chi connectivity index (χ3n) is 2.83. The lowest BCUT2D eigenvalue weighted by Gasteiger charge is -1.95. The van der Waals surface area contributed by atoms with E-state index in [4.69, 9.17) is 0 Å². The molecule has 0 aliphatic rings. The molecule has 0 radical (unpaired) electrons. The van der Waals surface area contributed by atoms with Crippen molar-refractivity contribution in [2.24, 2.45) is 0 Å². The van der Waals surface area contributed by atoms with Crippen LogP contribution in [0.5, 0.6) is 0 Å². The standard InChI is InChI=1S/C9H11F.C9H12/c1-2-3-8-4-6-9(10)7-5-8;1-2-6-9-7-4-3-5-8-9/h4-7H,2-3H2,1H3;3-5,7-8H,2,6H2,1H3. The Balaban J connectivity index is 0.000000191. The summed E-state index contributed by atoms with van der Waals surface area (Å²) in [5, 5.41) is 0. The van der Waals surface area contributed by atoms with Gasteiger partial charge in [0.25, 0.3) is 0 Å². The van der Waals surface area contributed by atoms with Crippen LogP contribution >= 0.6 is 0 Å². The lowest BCUT2D eigenvalue weighted by Crippen LogP contribution is -1.81. The first-order chi connectivity index (χ1) is 9.26. The minimum Gasteiger partial charge on any atom is -0.207 e. The van der Waals surface area contributed by atoms with Crippen LogP contribution in [-0.2, 0) is 12.8 Å². The first kappa shape index (κ1) is 15.4. The molecule has 0 N–H and O–H groups in total. The lowest BCUT2D eigenvalue weighted by molar-refractivity contribution is 0.627. The molecule has 19 heavy (non-hydrogen) atoms. The van der Waals surface area contributed by atoms with Crippen LogP contribution in [0, 0.1) is 5.82 Å². The molecular weight excluding hydrogens is 235 g/mol. The van der Waals surface area contributed by atoms with Crippen molar-refractivity contribution in [3.63, 3.8) is 0 Å². The van der Waals surface area contributed by atoms with Gasteiger partial charge in [-0.2, -0.15) is 0 Å². The van der Waals surface area contributed by atoms with E-state index in [1.54, 1.807) is 0 Å². The largest absolute Gasteiger partial charge is 0.207 e. The maximum absolute atomic E-state index is 12.3. The predicted octanol–water partition coefficient (Wildman–Crippen LogP) is 5.42. The fourth-order valence-corrected chi connectivity index (χ4v) is 1.87. The highest BCUT2D eigenvalue weighted by Gasteiger charge is 1.90. The van der Waals surface area contributed by atoms with E-state index in [2.05, 4.69) is 44.2 Å². The molecule has 0 aliphatic carbocycles. The van der Waals surface area contributed by atoms with E-state index in [0.717, 1.165) is 12.8 Å². The number of hydrogen-bond donors (Lipinski definition) is 0. The van der Waals surface area contributed by atoms with Crippen molar-refractivity contribution in [1.29, 1.82) is 0 Å². The molecule has 0 spiro atoms. The van der Waals surface area contributed by atoms with Crippen LogP contribution in [0.1, 0.15) is 37.8 Å². The molecular formula is C18H23F. The van der Waals surface area contributed by atoms with Gasteiger partial charge in [-0.1, -0.05) is 69.2 Å². The van der Waals surface area contributed by atoms with Crippen LogP contribution in [0.15, 0.2) is 54.6 Å². The number of halogens is 1. The molecule has 0 atom stereocenters. The van der Waals surface area contributed by atoms with Crippen molar-refractivity contribution in [3.8, 4) is 0 Å². The minimum atomic E-state index is -0.153. The summed E-state index contributed by atoms with van der Waals surface area (Å²) in [5.41, 5.74) is 2.66. The van der Waals surface area contributed by atoms with E-state index in [1.807, 2.05) is 12.1 Å². The summed E-state index contributed by atoms with van der Waals surface area (Å²) in [6.07, 6.45) is 4.61. The zero-order valence-electron chi connectivity index (χ0n) is 11.9. The third-order valence-corrected chi connectivity index (χ3v) is 2.83. The maximum atomic E-state index is 12.3. The van der Waals surface area contributed by atoms with Crippen LogP contribution in [0.3, 0.4) is 0 Å². The Morgan fingerprint density at radius 1 is 0.684 bits per heavy atom. The van der Waals surface area contributed by atoms with Crippen molar-refractivity contribution in [3.05, 3.63) is 71.5 Å².